The smallest absolute Gasteiger partial charge is 0.251 e. The Morgan fingerprint density at radius 1 is 1.19 bits per heavy atom. The molecular formula is C25H22FN3O3. The highest BCUT2D eigenvalue weighted by atomic mass is 19.1. The Balaban J connectivity index is 1.27. The molecule has 2 aliphatic rings. The lowest BCUT2D eigenvalue weighted by molar-refractivity contribution is -0.117. The minimum absolute atomic E-state index is 0.0757. The van der Waals surface area contributed by atoms with Crippen LogP contribution in [0.5, 0.6) is 5.75 Å². The summed E-state index contributed by atoms with van der Waals surface area (Å²) < 4.78 is 20.5. The summed E-state index contributed by atoms with van der Waals surface area (Å²) in [4.78, 5) is 30.5. The molecule has 0 radical (unpaired) electrons. The lowest BCUT2D eigenvalue weighted by Gasteiger charge is -2.17. The number of nitrogens with zero attached hydrogens (tertiary/aromatic N) is 2. The van der Waals surface area contributed by atoms with Crippen molar-refractivity contribution in [3.8, 4) is 16.9 Å². The zero-order chi connectivity index (χ0) is 22.1. The summed E-state index contributed by atoms with van der Waals surface area (Å²) in [6.45, 7) is 0.916. The van der Waals surface area contributed by atoms with Crippen molar-refractivity contribution in [3.63, 3.8) is 0 Å². The second kappa shape index (κ2) is 8.42. The highest BCUT2D eigenvalue weighted by molar-refractivity contribution is 5.99. The summed E-state index contributed by atoms with van der Waals surface area (Å²) >= 11 is 0. The fourth-order valence-electron chi connectivity index (χ4n) is 4.28. The zero-order valence-corrected chi connectivity index (χ0v) is 17.4. The molecule has 1 N–H and O–H groups in total. The molecule has 162 valence electrons. The molecule has 0 saturated carbocycles. The molecule has 0 spiro atoms. The molecule has 0 aliphatic carbocycles. The van der Waals surface area contributed by atoms with Crippen molar-refractivity contribution >= 4 is 17.5 Å². The van der Waals surface area contributed by atoms with E-state index in [1.807, 2.05) is 18.2 Å². The van der Waals surface area contributed by atoms with Gasteiger partial charge in [-0.2, -0.15) is 0 Å². The van der Waals surface area contributed by atoms with Gasteiger partial charge in [0.2, 0.25) is 5.91 Å². The zero-order valence-electron chi connectivity index (χ0n) is 17.4. The number of pyridine rings is 1. The Labute approximate surface area is 185 Å². The molecule has 1 saturated heterocycles. The third-order valence-corrected chi connectivity index (χ3v) is 5.89. The topological polar surface area (TPSA) is 71.5 Å². The molecule has 7 heteroatoms. The van der Waals surface area contributed by atoms with Crippen molar-refractivity contribution in [1.82, 2.24) is 10.3 Å². The van der Waals surface area contributed by atoms with E-state index in [1.165, 1.54) is 6.07 Å². The van der Waals surface area contributed by atoms with E-state index in [-0.39, 0.29) is 30.3 Å². The number of benzene rings is 2. The first-order valence-electron chi connectivity index (χ1n) is 10.7. The number of anilines is 1. The summed E-state index contributed by atoms with van der Waals surface area (Å²) in [5, 5.41) is 2.88. The van der Waals surface area contributed by atoms with Crippen molar-refractivity contribution in [2.45, 2.75) is 25.4 Å². The molecule has 1 aromatic heterocycles. The number of amides is 2. The average Bonchev–Trinajstić information content (AvgIpc) is 3.45. The van der Waals surface area contributed by atoms with Crippen LogP contribution in [0.3, 0.4) is 0 Å². The number of carbonyl (C=O) groups is 2. The molecule has 0 bridgehead atoms. The number of rotatable bonds is 5. The largest absolute Gasteiger partial charge is 0.487 e. The second-order valence-electron chi connectivity index (χ2n) is 7.99. The molecule has 5 rings (SSSR count). The van der Waals surface area contributed by atoms with Gasteiger partial charge in [-0.15, -0.1) is 0 Å². The molecule has 32 heavy (non-hydrogen) atoms. The minimum Gasteiger partial charge on any atom is -0.487 e. The maximum absolute atomic E-state index is 14.4. The first kappa shape index (κ1) is 20.2. The van der Waals surface area contributed by atoms with Gasteiger partial charge in [-0.25, -0.2) is 4.39 Å². The van der Waals surface area contributed by atoms with E-state index in [2.05, 4.69) is 10.3 Å². The fraction of sp³-hybridized carbons (Fsp3) is 0.240. The monoisotopic (exact) mass is 431 g/mol. The van der Waals surface area contributed by atoms with E-state index in [0.29, 0.717) is 36.3 Å². The van der Waals surface area contributed by atoms with Crippen molar-refractivity contribution in [3.05, 3.63) is 77.9 Å². The molecule has 2 aromatic carbocycles. The summed E-state index contributed by atoms with van der Waals surface area (Å²) in [7, 11) is 0. The van der Waals surface area contributed by atoms with Crippen molar-refractivity contribution in [1.29, 1.82) is 0 Å². The lowest BCUT2D eigenvalue weighted by Crippen LogP contribution is -2.34. The van der Waals surface area contributed by atoms with Gasteiger partial charge < -0.3 is 15.0 Å². The minimum atomic E-state index is -0.366. The Morgan fingerprint density at radius 3 is 2.81 bits per heavy atom. The maximum atomic E-state index is 14.4. The van der Waals surface area contributed by atoms with E-state index >= 15 is 0 Å². The molecule has 3 heterocycles. The SMILES string of the molecule is O=C(NCC1Cc2c(F)ccc(-c3ccncc3)c2O1)c1cccc(N2CCCC2=O)c1. The lowest BCUT2D eigenvalue weighted by atomic mass is 10.0. The molecule has 1 unspecified atom stereocenters. The average molecular weight is 431 g/mol. The molecule has 2 amide bonds. The van der Waals surface area contributed by atoms with Crippen LogP contribution < -0.4 is 15.0 Å². The normalized spacial score (nSPS) is 17.2. The van der Waals surface area contributed by atoms with Crippen molar-refractivity contribution in [2.75, 3.05) is 18.0 Å². The van der Waals surface area contributed by atoms with Crippen LogP contribution >= 0.6 is 0 Å². The van der Waals surface area contributed by atoms with Gasteiger partial charge in [-0.1, -0.05) is 6.07 Å². The van der Waals surface area contributed by atoms with Crippen LogP contribution in [-0.4, -0.2) is 36.0 Å². The van der Waals surface area contributed by atoms with Crippen molar-refractivity contribution in [2.24, 2.45) is 0 Å². The van der Waals surface area contributed by atoms with Crippen LogP contribution in [0, 0.1) is 5.82 Å². The van der Waals surface area contributed by atoms with E-state index < -0.39 is 0 Å². The van der Waals surface area contributed by atoms with Crippen LogP contribution in [0.2, 0.25) is 0 Å². The number of halogens is 1. The molecule has 6 nitrogen and oxygen atoms in total. The van der Waals surface area contributed by atoms with E-state index in [1.54, 1.807) is 41.6 Å². The number of fused-ring (bicyclic) bond motifs is 1. The van der Waals surface area contributed by atoms with Gasteiger partial charge in [-0.3, -0.25) is 14.6 Å². The summed E-state index contributed by atoms with van der Waals surface area (Å²) in [6.07, 6.45) is 4.74. The van der Waals surface area contributed by atoms with Gasteiger partial charge in [-0.05, 0) is 54.4 Å². The van der Waals surface area contributed by atoms with Crippen molar-refractivity contribution < 1.29 is 18.7 Å². The predicted octanol–water partition coefficient (Wildman–Crippen LogP) is 3.75. The standard InChI is InChI=1S/C25H22FN3O3/c26-22-7-6-20(16-8-10-27-11-9-16)24-21(22)14-19(32-24)15-28-25(31)17-3-1-4-18(13-17)29-12-2-5-23(29)30/h1,3-4,6-11,13,19H,2,5,12,14-15H2,(H,28,31). The number of ether oxygens (including phenoxy) is 1. The molecule has 1 atom stereocenters. The van der Waals surface area contributed by atoms with Crippen LogP contribution in [0.15, 0.2) is 60.9 Å². The molecule has 1 fully saturated rings. The van der Waals surface area contributed by atoms with Crippen LogP contribution in [0.25, 0.3) is 11.1 Å². The summed E-state index contributed by atoms with van der Waals surface area (Å²) in [5.41, 5.74) is 3.43. The van der Waals surface area contributed by atoms with Gasteiger partial charge in [0.05, 0.1) is 6.54 Å². The number of hydrogen-bond donors (Lipinski definition) is 1. The molecule has 2 aliphatic heterocycles. The quantitative estimate of drug-likeness (QED) is 0.668. The second-order valence-corrected chi connectivity index (χ2v) is 7.99. The van der Waals surface area contributed by atoms with Gasteiger partial charge in [0.15, 0.2) is 0 Å². The van der Waals surface area contributed by atoms with Crippen LogP contribution in [0.4, 0.5) is 10.1 Å². The predicted molar refractivity (Wildman–Crippen MR) is 118 cm³/mol. The highest BCUT2D eigenvalue weighted by Gasteiger charge is 2.29. The van der Waals surface area contributed by atoms with Crippen LogP contribution in [-0.2, 0) is 11.2 Å². The van der Waals surface area contributed by atoms with E-state index in [0.717, 1.165) is 23.2 Å². The number of carbonyl (C=O) groups excluding carboxylic acids is 2. The first-order chi connectivity index (χ1) is 15.6. The fourth-order valence-corrected chi connectivity index (χ4v) is 4.28. The summed E-state index contributed by atoms with van der Waals surface area (Å²) in [5.74, 6) is 0.0270. The highest BCUT2D eigenvalue weighted by Crippen LogP contribution is 2.40. The number of aromatic nitrogens is 1. The number of nitrogens with one attached hydrogen (secondary N) is 1. The van der Waals surface area contributed by atoms with E-state index in [4.69, 9.17) is 4.74 Å². The Morgan fingerprint density at radius 2 is 2.03 bits per heavy atom. The first-order valence-corrected chi connectivity index (χ1v) is 10.7. The molecular weight excluding hydrogens is 409 g/mol. The molecule has 3 aromatic rings. The van der Waals surface area contributed by atoms with Gasteiger partial charge in [0, 0.05) is 54.2 Å². The number of hydrogen-bond acceptors (Lipinski definition) is 4. The third kappa shape index (κ3) is 3.82. The van der Waals surface area contributed by atoms with Gasteiger partial charge in [0.25, 0.3) is 5.91 Å². The summed E-state index contributed by atoms with van der Waals surface area (Å²) in [6, 6.07) is 13.9. The maximum Gasteiger partial charge on any atom is 0.251 e. The Bertz CT molecular complexity index is 1180. The Hall–Kier alpha value is -3.74. The van der Waals surface area contributed by atoms with Crippen LogP contribution in [0.1, 0.15) is 28.8 Å². The van der Waals surface area contributed by atoms with Gasteiger partial charge in [0.1, 0.15) is 17.7 Å². The Kier molecular flexibility index (Phi) is 5.31. The van der Waals surface area contributed by atoms with Gasteiger partial charge >= 0.3 is 0 Å². The van der Waals surface area contributed by atoms with E-state index in [9.17, 15) is 14.0 Å². The third-order valence-electron chi connectivity index (χ3n) is 5.89.